The zero-order valence-electron chi connectivity index (χ0n) is 10.4. The number of carbonyl (C=O) groups is 1. The van der Waals surface area contributed by atoms with Crippen molar-refractivity contribution in [3.8, 4) is 0 Å². The van der Waals surface area contributed by atoms with E-state index in [1.165, 1.54) is 6.42 Å². The van der Waals surface area contributed by atoms with Crippen molar-refractivity contribution in [3.63, 3.8) is 0 Å². The summed E-state index contributed by atoms with van der Waals surface area (Å²) in [7, 11) is 0. The van der Waals surface area contributed by atoms with E-state index in [2.05, 4.69) is 18.7 Å². The largest absolute Gasteiger partial charge is 0.369 e. The molecule has 1 amide bonds. The molecule has 0 aromatic carbocycles. The third-order valence-electron chi connectivity index (χ3n) is 3.23. The quantitative estimate of drug-likeness (QED) is 0.770. The van der Waals surface area contributed by atoms with Crippen molar-refractivity contribution in [2.24, 2.45) is 23.0 Å². The van der Waals surface area contributed by atoms with Crippen LogP contribution in [-0.4, -0.2) is 30.4 Å². The maximum Gasteiger partial charge on any atom is 0.224 e. The lowest BCUT2D eigenvalue weighted by Gasteiger charge is -2.38. The number of primary amides is 1. The molecule has 0 aromatic rings. The molecule has 3 nitrogen and oxygen atoms in total. The highest BCUT2D eigenvalue weighted by molar-refractivity contribution is 5.80. The van der Waals surface area contributed by atoms with Gasteiger partial charge >= 0.3 is 0 Å². The molecule has 1 heterocycles. The van der Waals surface area contributed by atoms with E-state index < -0.39 is 5.41 Å². The minimum absolute atomic E-state index is 0.201. The first kappa shape index (κ1) is 12.5. The second-order valence-electron chi connectivity index (χ2n) is 5.89. The first-order valence-electron chi connectivity index (χ1n) is 5.83. The molecule has 2 atom stereocenters. The predicted molar refractivity (Wildman–Crippen MR) is 62.4 cm³/mol. The second kappa shape index (κ2) is 4.52. The fourth-order valence-corrected chi connectivity index (χ4v) is 2.56. The van der Waals surface area contributed by atoms with E-state index >= 15 is 0 Å². The first-order valence-corrected chi connectivity index (χ1v) is 5.83. The molecule has 0 saturated carbocycles. The van der Waals surface area contributed by atoms with Gasteiger partial charge in [-0.05, 0) is 32.1 Å². The number of nitrogens with two attached hydrogens (primary N) is 1. The Morgan fingerprint density at radius 3 is 2.20 bits per heavy atom. The van der Waals surface area contributed by atoms with Gasteiger partial charge in [-0.15, -0.1) is 0 Å². The van der Waals surface area contributed by atoms with Crippen LogP contribution in [0.1, 0.15) is 34.1 Å². The van der Waals surface area contributed by atoms with Gasteiger partial charge < -0.3 is 10.6 Å². The van der Waals surface area contributed by atoms with Crippen LogP contribution in [0.2, 0.25) is 0 Å². The average molecular weight is 212 g/mol. The lowest BCUT2D eigenvalue weighted by Crippen LogP contribution is -2.47. The van der Waals surface area contributed by atoms with Crippen molar-refractivity contribution in [3.05, 3.63) is 0 Å². The summed E-state index contributed by atoms with van der Waals surface area (Å²) in [6.45, 7) is 11.4. The Labute approximate surface area is 93.0 Å². The standard InChI is InChI=1S/C12H24N2O/c1-9-5-10(2)7-14(6-9)8-12(3,4)11(13)15/h9-10H,5-8H2,1-4H3,(H2,13,15). The molecule has 3 heteroatoms. The van der Waals surface area contributed by atoms with Gasteiger partial charge in [-0.25, -0.2) is 0 Å². The number of amides is 1. The van der Waals surface area contributed by atoms with Crippen LogP contribution in [0.5, 0.6) is 0 Å². The van der Waals surface area contributed by atoms with Gasteiger partial charge in [0.05, 0.1) is 5.41 Å². The molecule has 2 N–H and O–H groups in total. The number of hydrogen-bond donors (Lipinski definition) is 1. The topological polar surface area (TPSA) is 46.3 Å². The Balaban J connectivity index is 2.54. The van der Waals surface area contributed by atoms with Gasteiger partial charge in [0.2, 0.25) is 5.91 Å². The molecular weight excluding hydrogens is 188 g/mol. The summed E-state index contributed by atoms with van der Waals surface area (Å²) in [4.78, 5) is 13.6. The Kier molecular flexibility index (Phi) is 3.77. The molecule has 0 aromatic heterocycles. The average Bonchev–Trinajstić information content (AvgIpc) is 1.99. The summed E-state index contributed by atoms with van der Waals surface area (Å²) in [6.07, 6.45) is 1.30. The van der Waals surface area contributed by atoms with Crippen LogP contribution in [0.4, 0.5) is 0 Å². The van der Waals surface area contributed by atoms with Gasteiger partial charge in [-0.1, -0.05) is 13.8 Å². The molecule has 0 radical (unpaired) electrons. The normalized spacial score (nSPS) is 29.1. The highest BCUT2D eigenvalue weighted by Gasteiger charge is 2.31. The van der Waals surface area contributed by atoms with Crippen molar-refractivity contribution < 1.29 is 4.79 Å². The van der Waals surface area contributed by atoms with Crippen LogP contribution < -0.4 is 5.73 Å². The van der Waals surface area contributed by atoms with Crippen LogP contribution in [0, 0.1) is 17.3 Å². The molecule has 1 aliphatic heterocycles. The Morgan fingerprint density at radius 2 is 1.80 bits per heavy atom. The van der Waals surface area contributed by atoms with Gasteiger partial charge in [0, 0.05) is 19.6 Å². The van der Waals surface area contributed by atoms with Crippen LogP contribution >= 0.6 is 0 Å². The smallest absolute Gasteiger partial charge is 0.224 e. The molecule has 1 aliphatic rings. The summed E-state index contributed by atoms with van der Waals surface area (Å²) < 4.78 is 0. The monoisotopic (exact) mass is 212 g/mol. The molecule has 0 aliphatic carbocycles. The Bertz CT molecular complexity index is 228. The van der Waals surface area contributed by atoms with E-state index in [1.54, 1.807) is 0 Å². The number of likely N-dealkylation sites (tertiary alicyclic amines) is 1. The summed E-state index contributed by atoms with van der Waals surface area (Å²) >= 11 is 0. The van der Waals surface area contributed by atoms with E-state index in [-0.39, 0.29) is 5.91 Å². The number of piperidine rings is 1. The lowest BCUT2D eigenvalue weighted by molar-refractivity contribution is -0.127. The number of nitrogens with zero attached hydrogens (tertiary/aromatic N) is 1. The molecule has 1 fully saturated rings. The van der Waals surface area contributed by atoms with Crippen molar-refractivity contribution in [2.75, 3.05) is 19.6 Å². The van der Waals surface area contributed by atoms with Gasteiger partial charge in [-0.2, -0.15) is 0 Å². The van der Waals surface area contributed by atoms with E-state index in [0.29, 0.717) is 0 Å². The third-order valence-corrected chi connectivity index (χ3v) is 3.23. The maximum absolute atomic E-state index is 11.3. The highest BCUT2D eigenvalue weighted by atomic mass is 16.1. The first-order chi connectivity index (χ1) is 6.81. The number of rotatable bonds is 3. The predicted octanol–water partition coefficient (Wildman–Crippen LogP) is 1.48. The third kappa shape index (κ3) is 3.49. The van der Waals surface area contributed by atoms with E-state index in [9.17, 15) is 4.79 Å². The zero-order chi connectivity index (χ0) is 11.6. The summed E-state index contributed by atoms with van der Waals surface area (Å²) in [5.41, 5.74) is 4.99. The van der Waals surface area contributed by atoms with Crippen LogP contribution in [0.3, 0.4) is 0 Å². The van der Waals surface area contributed by atoms with Gasteiger partial charge in [0.25, 0.3) is 0 Å². The van der Waals surface area contributed by atoms with E-state index in [0.717, 1.165) is 31.5 Å². The van der Waals surface area contributed by atoms with Gasteiger partial charge in [0.15, 0.2) is 0 Å². The van der Waals surface area contributed by atoms with Crippen LogP contribution in [0.25, 0.3) is 0 Å². The minimum Gasteiger partial charge on any atom is -0.369 e. The fraction of sp³-hybridized carbons (Fsp3) is 0.917. The minimum atomic E-state index is -0.406. The van der Waals surface area contributed by atoms with Crippen molar-refractivity contribution >= 4 is 5.91 Å². The number of hydrogen-bond acceptors (Lipinski definition) is 2. The summed E-state index contributed by atoms with van der Waals surface area (Å²) in [5.74, 6) is 1.27. The van der Waals surface area contributed by atoms with Gasteiger partial charge in [0.1, 0.15) is 0 Å². The Morgan fingerprint density at radius 1 is 1.33 bits per heavy atom. The molecule has 1 rings (SSSR count). The molecule has 0 bridgehead atoms. The van der Waals surface area contributed by atoms with E-state index in [4.69, 9.17) is 5.73 Å². The van der Waals surface area contributed by atoms with Crippen molar-refractivity contribution in [1.29, 1.82) is 0 Å². The Hall–Kier alpha value is -0.570. The van der Waals surface area contributed by atoms with Crippen molar-refractivity contribution in [1.82, 2.24) is 4.90 Å². The number of carbonyl (C=O) groups excluding carboxylic acids is 1. The van der Waals surface area contributed by atoms with Crippen molar-refractivity contribution in [2.45, 2.75) is 34.1 Å². The SMILES string of the molecule is CC1CC(C)CN(CC(C)(C)C(N)=O)C1. The molecular formula is C12H24N2O. The van der Waals surface area contributed by atoms with Crippen LogP contribution in [0.15, 0.2) is 0 Å². The lowest BCUT2D eigenvalue weighted by atomic mass is 9.87. The summed E-state index contributed by atoms with van der Waals surface area (Å²) in [6, 6.07) is 0. The maximum atomic E-state index is 11.3. The van der Waals surface area contributed by atoms with Crippen LogP contribution in [-0.2, 0) is 4.79 Å². The molecule has 0 spiro atoms. The van der Waals surface area contributed by atoms with Gasteiger partial charge in [-0.3, -0.25) is 4.79 Å². The van der Waals surface area contributed by atoms with E-state index in [1.807, 2.05) is 13.8 Å². The zero-order valence-corrected chi connectivity index (χ0v) is 10.4. The summed E-state index contributed by atoms with van der Waals surface area (Å²) in [5, 5.41) is 0. The second-order valence-corrected chi connectivity index (χ2v) is 5.89. The molecule has 15 heavy (non-hydrogen) atoms. The highest BCUT2D eigenvalue weighted by Crippen LogP contribution is 2.24. The molecule has 88 valence electrons. The molecule has 1 saturated heterocycles. The fourth-order valence-electron chi connectivity index (χ4n) is 2.56. The molecule has 2 unspecified atom stereocenters.